The van der Waals surface area contributed by atoms with Crippen molar-refractivity contribution in [3.63, 3.8) is 0 Å². The maximum Gasteiger partial charge on any atom is 0.336 e. The molecule has 1 aromatic rings. The lowest BCUT2D eigenvalue weighted by Crippen LogP contribution is -2.11. The van der Waals surface area contributed by atoms with Crippen LogP contribution in [0.2, 0.25) is 0 Å². The van der Waals surface area contributed by atoms with Crippen molar-refractivity contribution in [2.75, 3.05) is 23.9 Å². The Morgan fingerprint density at radius 2 is 2.06 bits per heavy atom. The van der Waals surface area contributed by atoms with Gasteiger partial charge in [0.2, 0.25) is 0 Å². The number of anilines is 1. The van der Waals surface area contributed by atoms with Gasteiger partial charge < -0.3 is 10.1 Å². The molecule has 1 aliphatic heterocycles. The molecule has 1 N–H and O–H groups in total. The van der Waals surface area contributed by atoms with Crippen LogP contribution in [0.3, 0.4) is 0 Å². The fourth-order valence-corrected chi connectivity index (χ4v) is 2.87. The van der Waals surface area contributed by atoms with Gasteiger partial charge in [0.05, 0.1) is 12.7 Å². The standard InChI is InChI=1S/C12H12BrNO2S/c1-16-12(15)10-6-17-7-11(10)14-9-4-2-8(13)3-5-9/h2-5,14H,6-7H2,1H3. The van der Waals surface area contributed by atoms with E-state index in [1.807, 2.05) is 24.3 Å². The average Bonchev–Trinajstić information content (AvgIpc) is 2.79. The van der Waals surface area contributed by atoms with Crippen molar-refractivity contribution < 1.29 is 9.53 Å². The van der Waals surface area contributed by atoms with Crippen LogP contribution in [0.15, 0.2) is 40.0 Å². The number of hydrogen-bond acceptors (Lipinski definition) is 4. The number of rotatable bonds is 3. The zero-order valence-corrected chi connectivity index (χ0v) is 11.7. The molecule has 0 atom stereocenters. The quantitative estimate of drug-likeness (QED) is 0.871. The van der Waals surface area contributed by atoms with Crippen LogP contribution in [0.5, 0.6) is 0 Å². The monoisotopic (exact) mass is 313 g/mol. The van der Waals surface area contributed by atoms with Crippen molar-refractivity contribution >= 4 is 39.3 Å². The minimum atomic E-state index is -0.241. The second kappa shape index (κ2) is 5.60. The number of nitrogens with one attached hydrogen (secondary N) is 1. The molecule has 90 valence electrons. The number of benzene rings is 1. The number of methoxy groups -OCH3 is 1. The Hall–Kier alpha value is -0.940. The molecule has 0 saturated carbocycles. The highest BCUT2D eigenvalue weighted by Gasteiger charge is 2.21. The molecule has 0 aromatic heterocycles. The topological polar surface area (TPSA) is 38.3 Å². The number of halogens is 1. The Morgan fingerprint density at radius 3 is 2.71 bits per heavy atom. The van der Waals surface area contributed by atoms with Crippen LogP contribution in [0.4, 0.5) is 5.69 Å². The second-order valence-corrected chi connectivity index (χ2v) is 5.47. The van der Waals surface area contributed by atoms with E-state index in [1.165, 1.54) is 7.11 Å². The Labute approximate surface area is 113 Å². The van der Waals surface area contributed by atoms with Crippen molar-refractivity contribution in [2.24, 2.45) is 0 Å². The summed E-state index contributed by atoms with van der Waals surface area (Å²) in [6, 6.07) is 7.86. The highest BCUT2D eigenvalue weighted by molar-refractivity contribution is 9.10. The van der Waals surface area contributed by atoms with Gasteiger partial charge in [0.1, 0.15) is 0 Å². The molecule has 0 unspecified atom stereocenters. The zero-order valence-electron chi connectivity index (χ0n) is 9.33. The predicted octanol–water partition coefficient (Wildman–Crippen LogP) is 3.03. The molecule has 3 nitrogen and oxygen atoms in total. The van der Waals surface area contributed by atoms with Crippen LogP contribution in [-0.2, 0) is 9.53 Å². The van der Waals surface area contributed by atoms with Crippen molar-refractivity contribution in [2.45, 2.75) is 0 Å². The van der Waals surface area contributed by atoms with E-state index in [4.69, 9.17) is 4.74 Å². The Bertz CT molecular complexity index is 456. The van der Waals surface area contributed by atoms with Gasteiger partial charge in [-0.3, -0.25) is 0 Å². The molecule has 2 rings (SSSR count). The first-order chi connectivity index (χ1) is 8.20. The SMILES string of the molecule is COC(=O)C1=C(Nc2ccc(Br)cc2)CSC1. The minimum Gasteiger partial charge on any atom is -0.466 e. The third kappa shape index (κ3) is 3.04. The number of thioether (sulfide) groups is 1. The van der Waals surface area contributed by atoms with E-state index in [0.29, 0.717) is 5.75 Å². The van der Waals surface area contributed by atoms with Gasteiger partial charge in [-0.1, -0.05) is 15.9 Å². The Morgan fingerprint density at radius 1 is 1.35 bits per heavy atom. The fraction of sp³-hybridized carbons (Fsp3) is 0.250. The largest absolute Gasteiger partial charge is 0.466 e. The predicted molar refractivity (Wildman–Crippen MR) is 74.1 cm³/mol. The van der Waals surface area contributed by atoms with Gasteiger partial charge in [0, 0.05) is 27.4 Å². The third-order valence-electron chi connectivity index (χ3n) is 2.43. The summed E-state index contributed by atoms with van der Waals surface area (Å²) in [6.45, 7) is 0. The lowest BCUT2D eigenvalue weighted by atomic mass is 10.2. The summed E-state index contributed by atoms with van der Waals surface area (Å²) in [6.07, 6.45) is 0. The average molecular weight is 314 g/mol. The summed E-state index contributed by atoms with van der Waals surface area (Å²) in [5.41, 5.74) is 2.66. The normalized spacial score (nSPS) is 14.9. The van der Waals surface area contributed by atoms with Crippen molar-refractivity contribution in [3.05, 3.63) is 40.0 Å². The van der Waals surface area contributed by atoms with E-state index in [9.17, 15) is 4.79 Å². The van der Waals surface area contributed by atoms with Crippen molar-refractivity contribution in [1.82, 2.24) is 0 Å². The molecule has 0 aliphatic carbocycles. The van der Waals surface area contributed by atoms with Crippen LogP contribution in [0, 0.1) is 0 Å². The lowest BCUT2D eigenvalue weighted by Gasteiger charge is -2.09. The summed E-state index contributed by atoms with van der Waals surface area (Å²) in [7, 11) is 1.41. The molecule has 5 heteroatoms. The summed E-state index contributed by atoms with van der Waals surface area (Å²) < 4.78 is 5.80. The molecular weight excluding hydrogens is 302 g/mol. The molecule has 0 bridgehead atoms. The Kier molecular flexibility index (Phi) is 4.12. The first kappa shape index (κ1) is 12.5. The number of esters is 1. The third-order valence-corrected chi connectivity index (χ3v) is 3.94. The van der Waals surface area contributed by atoms with Gasteiger partial charge in [-0.05, 0) is 24.3 Å². The van der Waals surface area contributed by atoms with Crippen LogP contribution < -0.4 is 5.32 Å². The number of carbonyl (C=O) groups is 1. The Balaban J connectivity index is 2.17. The van der Waals surface area contributed by atoms with Crippen LogP contribution in [0.25, 0.3) is 0 Å². The molecule has 1 aromatic carbocycles. The summed E-state index contributed by atoms with van der Waals surface area (Å²) in [4.78, 5) is 11.5. The number of ether oxygens (including phenoxy) is 1. The highest BCUT2D eigenvalue weighted by atomic mass is 79.9. The molecule has 1 heterocycles. The summed E-state index contributed by atoms with van der Waals surface area (Å²) in [5, 5.41) is 3.27. The van der Waals surface area contributed by atoms with Gasteiger partial charge in [0.15, 0.2) is 0 Å². The fourth-order valence-electron chi connectivity index (χ4n) is 1.55. The van der Waals surface area contributed by atoms with Crippen LogP contribution >= 0.6 is 27.7 Å². The second-order valence-electron chi connectivity index (χ2n) is 3.57. The van der Waals surface area contributed by atoms with E-state index < -0.39 is 0 Å². The van der Waals surface area contributed by atoms with Crippen molar-refractivity contribution in [3.8, 4) is 0 Å². The molecule has 0 fully saturated rings. The summed E-state index contributed by atoms with van der Waals surface area (Å²) >= 11 is 5.10. The molecule has 1 aliphatic rings. The molecular formula is C12H12BrNO2S. The zero-order chi connectivity index (χ0) is 12.3. The maximum absolute atomic E-state index is 11.5. The summed E-state index contributed by atoms with van der Waals surface area (Å²) in [5.74, 6) is 1.29. The smallest absolute Gasteiger partial charge is 0.336 e. The molecule has 0 spiro atoms. The molecule has 0 amide bonds. The highest BCUT2D eigenvalue weighted by Crippen LogP contribution is 2.27. The van der Waals surface area contributed by atoms with Gasteiger partial charge in [-0.25, -0.2) is 4.79 Å². The van der Waals surface area contributed by atoms with Gasteiger partial charge >= 0.3 is 5.97 Å². The van der Waals surface area contributed by atoms with E-state index in [-0.39, 0.29) is 5.97 Å². The van der Waals surface area contributed by atoms with E-state index in [1.54, 1.807) is 11.8 Å². The van der Waals surface area contributed by atoms with Gasteiger partial charge in [-0.15, -0.1) is 0 Å². The van der Waals surface area contributed by atoms with Gasteiger partial charge in [-0.2, -0.15) is 11.8 Å². The van der Waals surface area contributed by atoms with Crippen LogP contribution in [0.1, 0.15) is 0 Å². The van der Waals surface area contributed by atoms with E-state index in [2.05, 4.69) is 21.2 Å². The molecule has 17 heavy (non-hydrogen) atoms. The van der Waals surface area contributed by atoms with Crippen molar-refractivity contribution in [1.29, 1.82) is 0 Å². The first-order valence-electron chi connectivity index (χ1n) is 5.11. The van der Waals surface area contributed by atoms with E-state index in [0.717, 1.165) is 27.2 Å². The lowest BCUT2D eigenvalue weighted by molar-refractivity contribution is -0.136. The molecule has 0 saturated heterocycles. The first-order valence-corrected chi connectivity index (χ1v) is 7.06. The number of carbonyl (C=O) groups excluding carboxylic acids is 1. The minimum absolute atomic E-state index is 0.241. The van der Waals surface area contributed by atoms with Gasteiger partial charge in [0.25, 0.3) is 0 Å². The van der Waals surface area contributed by atoms with E-state index >= 15 is 0 Å². The van der Waals surface area contributed by atoms with Crippen LogP contribution in [-0.4, -0.2) is 24.6 Å². The number of hydrogen-bond donors (Lipinski definition) is 1. The molecule has 0 radical (unpaired) electrons. The maximum atomic E-state index is 11.5.